The number of anilines is 3. The molecule has 13 nitrogen and oxygen atoms in total. The number of carbonyl (C=O) groups excluding carboxylic acids is 1. The Morgan fingerprint density at radius 3 is 2.67 bits per heavy atom. The number of likely N-dealkylation sites (tertiary alicyclic amines) is 1. The van der Waals surface area contributed by atoms with Crippen LogP contribution in [0.3, 0.4) is 0 Å². The van der Waals surface area contributed by atoms with Crippen LogP contribution in [0.5, 0.6) is 0 Å². The van der Waals surface area contributed by atoms with Gasteiger partial charge in [0.2, 0.25) is 0 Å². The number of fused-ring (bicyclic) bond motifs is 2. The Bertz CT molecular complexity index is 2720. The van der Waals surface area contributed by atoms with E-state index in [9.17, 15) is 23.5 Å². The quantitative estimate of drug-likeness (QED) is 0.0553. The molecule has 2 atom stereocenters. The highest BCUT2D eigenvalue weighted by Crippen LogP contribution is 2.39. The minimum atomic E-state index is -2.55. The lowest BCUT2D eigenvalue weighted by atomic mass is 9.86. The van der Waals surface area contributed by atoms with Crippen LogP contribution in [0.25, 0.3) is 43.8 Å². The van der Waals surface area contributed by atoms with Gasteiger partial charge >= 0.3 is 0 Å². The lowest BCUT2D eigenvalue weighted by Crippen LogP contribution is -2.39. The molecule has 0 bridgehead atoms. The molecule has 6 N–H and O–H groups in total. The van der Waals surface area contributed by atoms with Gasteiger partial charge in [0.25, 0.3) is 17.9 Å². The van der Waals surface area contributed by atoms with E-state index in [1.54, 1.807) is 24.7 Å². The molecular weight excluding hydrogens is 799 g/mol. The van der Waals surface area contributed by atoms with Gasteiger partial charge in [0.15, 0.2) is 0 Å². The first kappa shape index (κ1) is 40.4. The highest BCUT2D eigenvalue weighted by Gasteiger charge is 2.29. The Balaban J connectivity index is 0.812. The van der Waals surface area contributed by atoms with Crippen molar-refractivity contribution in [3.05, 3.63) is 106 Å². The second kappa shape index (κ2) is 17.2. The molecule has 2 aromatic carbocycles. The third kappa shape index (κ3) is 8.52. The van der Waals surface area contributed by atoms with E-state index in [1.807, 2.05) is 55.5 Å². The fourth-order valence-electron chi connectivity index (χ4n) is 8.73. The van der Waals surface area contributed by atoms with Crippen molar-refractivity contribution in [2.45, 2.75) is 69.9 Å². The third-order valence-corrected chi connectivity index (χ3v) is 13.3. The average molecular weight is 847 g/mol. The number of nitrogens with zero attached hydrogens (tertiary/aromatic N) is 5. The van der Waals surface area contributed by atoms with Crippen LogP contribution in [0.1, 0.15) is 79.1 Å². The molecule has 0 aliphatic carbocycles. The van der Waals surface area contributed by atoms with Gasteiger partial charge < -0.3 is 35.5 Å². The molecule has 2 aliphatic heterocycles. The number of halogens is 2. The molecule has 316 valence electrons. The molecular formula is C45H48F2N10O3S. The first-order valence-corrected chi connectivity index (χ1v) is 21.8. The predicted molar refractivity (Wildman–Crippen MR) is 237 cm³/mol. The van der Waals surface area contributed by atoms with Gasteiger partial charge in [0.1, 0.15) is 17.2 Å². The zero-order valence-electron chi connectivity index (χ0n) is 33.8. The summed E-state index contributed by atoms with van der Waals surface area (Å²) >= 11 is 1.02. The fourth-order valence-corrected chi connectivity index (χ4v) is 9.70. The molecule has 5 aromatic heterocycles. The molecule has 9 rings (SSSR count). The number of H-pyrrole nitrogens is 3. The summed E-state index contributed by atoms with van der Waals surface area (Å²) < 4.78 is 27.3. The van der Waals surface area contributed by atoms with Crippen molar-refractivity contribution in [1.82, 2.24) is 35.0 Å². The lowest BCUT2D eigenvalue weighted by molar-refractivity contribution is 0.0223. The van der Waals surface area contributed by atoms with E-state index in [4.69, 9.17) is 4.98 Å². The standard InChI is InChI=1S/C45H48F2N10O3S/c1-2-45(60,30-11-8-28-19-34(51-33(28)21-30)40-41-35(54-55-40)22-38(61-41)42(46)47)14-6-15-49-39-25-48-24-37(52-39)29-20-36(44(59)50-23-29)53-43(58)27-9-12-31(13-10-27)57-18-5-7-32(57)26-56-16-3-4-17-56/h8-13,19-25,32,42,51,60H,2-7,14-18,26H2,1H3,(H,49,52)(H,50,59)(H,53,58)(H,54,55)/t32-,45?/m0/s1. The number of thiophene rings is 1. The number of pyridine rings is 1. The van der Waals surface area contributed by atoms with E-state index in [0.717, 1.165) is 53.0 Å². The SMILES string of the molecule is CCC(O)(CCCNc1cncc(-c2c[nH]c(=O)c(NC(=O)c3ccc(N4CCC[C@H]4CN4CCCC4)cc3)c2)n1)c1ccc2cc(-c3n[nH]c4cc(C(F)F)sc34)[nH]c2c1. The molecule has 1 unspecified atom stereocenters. The minimum Gasteiger partial charge on any atom is -0.385 e. The molecule has 0 radical (unpaired) electrons. The summed E-state index contributed by atoms with van der Waals surface area (Å²) in [6.07, 6.45) is 8.66. The van der Waals surface area contributed by atoms with Crippen LogP contribution in [0.15, 0.2) is 84.0 Å². The van der Waals surface area contributed by atoms with Crippen LogP contribution < -0.4 is 21.1 Å². The number of hydrogen-bond donors (Lipinski definition) is 6. The number of alkyl halides is 2. The predicted octanol–water partition coefficient (Wildman–Crippen LogP) is 8.66. The van der Waals surface area contributed by atoms with Gasteiger partial charge in [-0.05, 0) is 112 Å². The molecule has 2 saturated heterocycles. The van der Waals surface area contributed by atoms with Crippen LogP contribution in [0.4, 0.5) is 26.0 Å². The Morgan fingerprint density at radius 2 is 1.87 bits per heavy atom. The summed E-state index contributed by atoms with van der Waals surface area (Å²) in [5, 5.41) is 26.0. The molecule has 2 fully saturated rings. The normalized spacial score (nSPS) is 16.9. The summed E-state index contributed by atoms with van der Waals surface area (Å²) in [5.41, 5.74) is 4.66. The van der Waals surface area contributed by atoms with Gasteiger partial charge in [0, 0.05) is 59.6 Å². The number of rotatable bonds is 15. The van der Waals surface area contributed by atoms with Crippen LogP contribution in [-0.4, -0.2) is 84.8 Å². The summed E-state index contributed by atoms with van der Waals surface area (Å²) in [4.78, 5) is 46.3. The van der Waals surface area contributed by atoms with Crippen molar-refractivity contribution in [1.29, 1.82) is 0 Å². The number of amides is 1. The van der Waals surface area contributed by atoms with E-state index in [0.29, 0.717) is 76.1 Å². The van der Waals surface area contributed by atoms with Gasteiger partial charge in [-0.15, -0.1) is 11.3 Å². The highest BCUT2D eigenvalue weighted by atomic mass is 32.1. The second-order valence-electron chi connectivity index (χ2n) is 16.1. The molecule has 61 heavy (non-hydrogen) atoms. The summed E-state index contributed by atoms with van der Waals surface area (Å²) in [5.74, 6) is 0.145. The maximum absolute atomic E-state index is 13.3. The molecule has 1 amide bonds. The van der Waals surface area contributed by atoms with Crippen LogP contribution >= 0.6 is 11.3 Å². The van der Waals surface area contributed by atoms with Gasteiger partial charge in [-0.1, -0.05) is 19.1 Å². The van der Waals surface area contributed by atoms with Crippen molar-refractivity contribution in [2.75, 3.05) is 48.3 Å². The molecule has 2 aliphatic rings. The van der Waals surface area contributed by atoms with Crippen LogP contribution in [-0.2, 0) is 5.60 Å². The Labute approximate surface area is 354 Å². The van der Waals surface area contributed by atoms with E-state index in [1.165, 1.54) is 38.4 Å². The van der Waals surface area contributed by atoms with Crippen molar-refractivity contribution < 1.29 is 18.7 Å². The highest BCUT2D eigenvalue weighted by molar-refractivity contribution is 7.19. The first-order valence-electron chi connectivity index (χ1n) is 21.0. The number of aromatic nitrogens is 6. The van der Waals surface area contributed by atoms with E-state index >= 15 is 0 Å². The molecule has 0 spiro atoms. The van der Waals surface area contributed by atoms with E-state index in [-0.39, 0.29) is 16.5 Å². The van der Waals surface area contributed by atoms with Crippen molar-refractivity contribution in [2.24, 2.45) is 0 Å². The van der Waals surface area contributed by atoms with Crippen molar-refractivity contribution >= 4 is 55.6 Å². The van der Waals surface area contributed by atoms with E-state index in [2.05, 4.69) is 45.6 Å². The fraction of sp³-hybridized carbons (Fsp3) is 0.356. The maximum Gasteiger partial charge on any atom is 0.272 e. The zero-order chi connectivity index (χ0) is 42.1. The lowest BCUT2D eigenvalue weighted by Gasteiger charge is -2.30. The molecule has 0 saturated carbocycles. The number of benzene rings is 2. The summed E-state index contributed by atoms with van der Waals surface area (Å²) in [7, 11) is 0. The first-order chi connectivity index (χ1) is 29.6. The Morgan fingerprint density at radius 1 is 1.03 bits per heavy atom. The van der Waals surface area contributed by atoms with Crippen LogP contribution in [0, 0.1) is 0 Å². The monoisotopic (exact) mass is 846 g/mol. The smallest absolute Gasteiger partial charge is 0.272 e. The van der Waals surface area contributed by atoms with Gasteiger partial charge in [-0.3, -0.25) is 19.7 Å². The Hall–Kier alpha value is -5.97. The molecule has 7 heterocycles. The number of aliphatic hydroxyl groups is 1. The Kier molecular flexibility index (Phi) is 11.4. The topological polar surface area (TPSA) is 171 Å². The maximum atomic E-state index is 13.3. The van der Waals surface area contributed by atoms with Crippen molar-refractivity contribution in [3.8, 4) is 22.6 Å². The zero-order valence-corrected chi connectivity index (χ0v) is 34.6. The van der Waals surface area contributed by atoms with Crippen molar-refractivity contribution in [3.63, 3.8) is 0 Å². The number of nitrogens with one attached hydrogen (secondary N) is 5. The average Bonchev–Trinajstić information content (AvgIpc) is 4.13. The second-order valence-corrected chi connectivity index (χ2v) is 17.2. The molecule has 16 heteroatoms. The minimum absolute atomic E-state index is 0.00830. The van der Waals surface area contributed by atoms with Crippen LogP contribution in [0.2, 0.25) is 0 Å². The number of carbonyl (C=O) groups is 1. The molecule has 7 aromatic rings. The van der Waals surface area contributed by atoms with E-state index < -0.39 is 17.6 Å². The number of aromatic amines is 3. The summed E-state index contributed by atoms with van der Waals surface area (Å²) in [6.45, 7) is 6.89. The van der Waals surface area contributed by atoms with Gasteiger partial charge in [-0.25, -0.2) is 13.8 Å². The summed E-state index contributed by atoms with van der Waals surface area (Å²) in [6, 6.07) is 18.9. The third-order valence-electron chi connectivity index (χ3n) is 12.1. The van der Waals surface area contributed by atoms with Gasteiger partial charge in [-0.2, -0.15) is 5.10 Å². The number of hydrogen-bond acceptors (Lipinski definition) is 10. The van der Waals surface area contributed by atoms with Gasteiger partial charge in [0.05, 0.1) is 44.5 Å². The largest absolute Gasteiger partial charge is 0.385 e.